The van der Waals surface area contributed by atoms with Crippen LogP contribution in [0.5, 0.6) is 0 Å². The second-order valence-corrected chi connectivity index (χ2v) is 7.32. The van der Waals surface area contributed by atoms with Crippen LogP contribution >= 0.6 is 7.92 Å². The van der Waals surface area contributed by atoms with Crippen molar-refractivity contribution in [2.45, 2.75) is 50.2 Å². The van der Waals surface area contributed by atoms with Gasteiger partial charge in [-0.25, -0.2) is 4.79 Å². The zero-order valence-electron chi connectivity index (χ0n) is 11.0. The van der Waals surface area contributed by atoms with Crippen molar-refractivity contribution in [3.8, 4) is 0 Å². The number of hydrogen-bond donors (Lipinski definition) is 3. The topological polar surface area (TPSA) is 96.2 Å². The molecular weight excluding hydrogens is 259 g/mol. The smallest absolute Gasteiger partial charge is 0.335 e. The molecule has 0 radical (unpaired) electrons. The van der Waals surface area contributed by atoms with Crippen molar-refractivity contribution in [2.24, 2.45) is 0 Å². The van der Waals surface area contributed by atoms with Gasteiger partial charge in [0.2, 0.25) is 0 Å². The van der Waals surface area contributed by atoms with Gasteiger partial charge in [0, 0.05) is 0 Å². The van der Waals surface area contributed by atoms with Crippen LogP contribution in [0.25, 0.3) is 0 Å². The molecule has 3 N–H and O–H groups in total. The largest absolute Gasteiger partial charge is 0.479 e. The van der Waals surface area contributed by atoms with E-state index in [0.717, 1.165) is 0 Å². The Labute approximate surface area is 108 Å². The van der Waals surface area contributed by atoms with Crippen LogP contribution in [0.3, 0.4) is 0 Å². The number of ether oxygens (including phenoxy) is 2. The maximum Gasteiger partial charge on any atom is 0.335 e. The Morgan fingerprint density at radius 1 is 1.28 bits per heavy atom. The zero-order chi connectivity index (χ0) is 14.0. The molecule has 6 nitrogen and oxygen atoms in total. The average molecular weight is 280 g/mol. The van der Waals surface area contributed by atoms with Gasteiger partial charge < -0.3 is 24.8 Å². The molecule has 0 aliphatic carbocycles. The molecule has 1 saturated heterocycles. The third kappa shape index (κ3) is 3.39. The van der Waals surface area contributed by atoms with E-state index in [-0.39, 0.29) is 6.10 Å². The van der Waals surface area contributed by atoms with Crippen molar-refractivity contribution < 1.29 is 29.6 Å². The van der Waals surface area contributed by atoms with Crippen molar-refractivity contribution in [2.75, 3.05) is 13.3 Å². The first-order valence-electron chi connectivity index (χ1n) is 5.82. The van der Waals surface area contributed by atoms with Gasteiger partial charge in [-0.1, -0.05) is 7.92 Å². The number of rotatable bonds is 4. The third-order valence-electron chi connectivity index (χ3n) is 2.74. The molecule has 5 atom stereocenters. The van der Waals surface area contributed by atoms with Gasteiger partial charge in [0.15, 0.2) is 6.10 Å². The summed E-state index contributed by atoms with van der Waals surface area (Å²) in [7, 11) is -0.726. The lowest BCUT2D eigenvalue weighted by Gasteiger charge is -2.43. The van der Waals surface area contributed by atoms with Crippen molar-refractivity contribution in [3.63, 3.8) is 0 Å². The highest BCUT2D eigenvalue weighted by Crippen LogP contribution is 2.41. The van der Waals surface area contributed by atoms with E-state index in [4.69, 9.17) is 14.6 Å². The average Bonchev–Trinajstić information content (AvgIpc) is 2.23. The number of aliphatic hydroxyl groups is 2. The lowest BCUT2D eigenvalue weighted by atomic mass is 9.99. The Morgan fingerprint density at radius 3 is 2.22 bits per heavy atom. The number of carboxylic acid groups (broad SMARTS) is 1. The van der Waals surface area contributed by atoms with Gasteiger partial charge in [-0.05, 0) is 27.2 Å². The minimum absolute atomic E-state index is 0.261. The highest BCUT2D eigenvalue weighted by molar-refractivity contribution is 7.56. The minimum atomic E-state index is -1.25. The van der Waals surface area contributed by atoms with Gasteiger partial charge in [0.1, 0.15) is 24.2 Å². The highest BCUT2D eigenvalue weighted by atomic mass is 31.1. The second-order valence-electron chi connectivity index (χ2n) is 4.88. The Hall–Kier alpha value is -0.260. The van der Waals surface area contributed by atoms with Gasteiger partial charge in [-0.2, -0.15) is 0 Å². The van der Waals surface area contributed by atoms with Gasteiger partial charge in [-0.15, -0.1) is 0 Å². The minimum Gasteiger partial charge on any atom is -0.479 e. The Kier molecular flexibility index (Phi) is 5.49. The quantitative estimate of drug-likeness (QED) is 0.630. The maximum atomic E-state index is 11.2. The molecule has 1 aliphatic heterocycles. The van der Waals surface area contributed by atoms with Crippen LogP contribution < -0.4 is 0 Å². The SMILES string of the molecule is CC(C)OC1C(C(=O)O)OC(P(C)C)C(O)C1O. The predicted octanol–water partition coefficient (Wildman–Crippen LogP) is 0.0528. The highest BCUT2D eigenvalue weighted by Gasteiger charge is 2.49. The molecule has 0 amide bonds. The number of aliphatic hydroxyl groups excluding tert-OH is 2. The Bertz CT molecular complexity index is 295. The molecule has 0 aromatic rings. The van der Waals surface area contributed by atoms with E-state index in [9.17, 15) is 15.0 Å². The van der Waals surface area contributed by atoms with Crippen molar-refractivity contribution >= 4 is 13.9 Å². The zero-order valence-corrected chi connectivity index (χ0v) is 11.9. The van der Waals surface area contributed by atoms with E-state index in [1.807, 2.05) is 13.3 Å². The van der Waals surface area contributed by atoms with E-state index in [1.54, 1.807) is 13.8 Å². The summed E-state index contributed by atoms with van der Waals surface area (Å²) in [6.45, 7) is 7.18. The summed E-state index contributed by atoms with van der Waals surface area (Å²) in [6.07, 6.45) is -4.93. The molecule has 106 valence electrons. The summed E-state index contributed by atoms with van der Waals surface area (Å²) in [6, 6.07) is 0. The molecule has 0 aromatic heterocycles. The fourth-order valence-corrected chi connectivity index (χ4v) is 3.10. The summed E-state index contributed by atoms with van der Waals surface area (Å²) in [5.74, 6) is -1.84. The molecule has 0 spiro atoms. The van der Waals surface area contributed by atoms with Crippen LogP contribution in [0.2, 0.25) is 0 Å². The first-order valence-corrected chi connectivity index (χ1v) is 8.12. The molecule has 1 rings (SSSR count). The summed E-state index contributed by atoms with van der Waals surface area (Å²) in [5, 5.41) is 29.1. The number of carbonyl (C=O) groups is 1. The summed E-state index contributed by atoms with van der Waals surface area (Å²) in [5.41, 5.74) is 0. The second kappa shape index (κ2) is 6.26. The molecule has 1 fully saturated rings. The molecule has 1 heterocycles. The third-order valence-corrected chi connectivity index (χ3v) is 4.19. The van der Waals surface area contributed by atoms with Crippen molar-refractivity contribution in [1.29, 1.82) is 0 Å². The van der Waals surface area contributed by atoms with Crippen LogP contribution in [-0.2, 0) is 14.3 Å². The normalized spacial score (nSPS) is 37.2. The Balaban J connectivity index is 2.92. The molecule has 5 unspecified atom stereocenters. The molecule has 0 bridgehead atoms. The molecular formula is C11H21O6P. The lowest BCUT2D eigenvalue weighted by Crippen LogP contribution is -2.60. The number of hydrogen-bond acceptors (Lipinski definition) is 5. The monoisotopic (exact) mass is 280 g/mol. The van der Waals surface area contributed by atoms with Crippen molar-refractivity contribution in [1.82, 2.24) is 0 Å². The fourth-order valence-electron chi connectivity index (χ4n) is 1.94. The number of aliphatic carboxylic acids is 1. The van der Waals surface area contributed by atoms with Crippen LogP contribution in [0.15, 0.2) is 0 Å². The van der Waals surface area contributed by atoms with Crippen LogP contribution in [0.1, 0.15) is 13.8 Å². The van der Waals surface area contributed by atoms with E-state index in [2.05, 4.69) is 0 Å². The van der Waals surface area contributed by atoms with Gasteiger partial charge in [0.25, 0.3) is 0 Å². The number of carboxylic acids is 1. The van der Waals surface area contributed by atoms with Crippen LogP contribution in [-0.4, -0.2) is 71.0 Å². The molecule has 7 heteroatoms. The fraction of sp³-hybridized carbons (Fsp3) is 0.909. The van der Waals surface area contributed by atoms with Crippen LogP contribution in [0, 0.1) is 0 Å². The molecule has 18 heavy (non-hydrogen) atoms. The summed E-state index contributed by atoms with van der Waals surface area (Å²) >= 11 is 0. The predicted molar refractivity (Wildman–Crippen MR) is 67.1 cm³/mol. The van der Waals surface area contributed by atoms with E-state index < -0.39 is 44.2 Å². The first kappa shape index (κ1) is 15.8. The first-order chi connectivity index (χ1) is 8.25. The summed E-state index contributed by atoms with van der Waals surface area (Å²) in [4.78, 5) is 11.2. The summed E-state index contributed by atoms with van der Waals surface area (Å²) < 4.78 is 10.8. The molecule has 1 aliphatic rings. The van der Waals surface area contributed by atoms with E-state index >= 15 is 0 Å². The van der Waals surface area contributed by atoms with Gasteiger partial charge in [0.05, 0.1) is 6.10 Å². The van der Waals surface area contributed by atoms with E-state index in [0.29, 0.717) is 0 Å². The Morgan fingerprint density at radius 2 is 1.83 bits per heavy atom. The standard InChI is InChI=1S/C11H21O6P/c1-5(2)16-8-6(12)7(13)11(18(3)4)17-9(8)10(14)15/h5-9,11-13H,1-4H3,(H,14,15). The molecule has 0 aromatic carbocycles. The van der Waals surface area contributed by atoms with Gasteiger partial charge >= 0.3 is 5.97 Å². The van der Waals surface area contributed by atoms with Crippen LogP contribution in [0.4, 0.5) is 0 Å². The van der Waals surface area contributed by atoms with Gasteiger partial charge in [-0.3, -0.25) is 0 Å². The molecule has 0 saturated carbocycles. The van der Waals surface area contributed by atoms with Crippen molar-refractivity contribution in [3.05, 3.63) is 0 Å². The lowest BCUT2D eigenvalue weighted by molar-refractivity contribution is -0.228. The maximum absolute atomic E-state index is 11.2. The van der Waals surface area contributed by atoms with E-state index in [1.165, 1.54) is 0 Å².